The van der Waals surface area contributed by atoms with Gasteiger partial charge in [-0.2, -0.15) is 0 Å². The third-order valence-electron chi connectivity index (χ3n) is 2.74. The molecule has 0 unspecified atom stereocenters. The van der Waals surface area contributed by atoms with Gasteiger partial charge in [-0.1, -0.05) is 30.3 Å². The van der Waals surface area contributed by atoms with Gasteiger partial charge in [0.2, 0.25) is 0 Å². The topological polar surface area (TPSA) is 66.4 Å². The third kappa shape index (κ3) is 1.87. The summed E-state index contributed by atoms with van der Waals surface area (Å²) in [6.45, 7) is 2.78. The molecule has 1 aliphatic rings. The van der Waals surface area contributed by atoms with E-state index in [9.17, 15) is 14.7 Å². The Morgan fingerprint density at radius 1 is 1.29 bits per heavy atom. The van der Waals surface area contributed by atoms with Crippen LogP contribution in [0.5, 0.6) is 0 Å². The Balaban J connectivity index is 2.68. The second-order valence-electron chi connectivity index (χ2n) is 4.20. The van der Waals surface area contributed by atoms with Crippen molar-refractivity contribution < 1.29 is 14.7 Å². The van der Waals surface area contributed by atoms with Gasteiger partial charge in [-0.05, 0) is 19.4 Å². The van der Waals surface area contributed by atoms with E-state index in [1.807, 2.05) is 6.07 Å². The molecule has 1 aromatic carbocycles. The average molecular weight is 231 g/mol. The summed E-state index contributed by atoms with van der Waals surface area (Å²) in [5.74, 6) is -0.875. The van der Waals surface area contributed by atoms with Crippen LogP contribution in [0, 0.1) is 0 Å². The number of nitrogens with one attached hydrogen (secondary N) is 1. The van der Waals surface area contributed by atoms with Gasteiger partial charge in [-0.3, -0.25) is 9.59 Å². The maximum absolute atomic E-state index is 11.7. The van der Waals surface area contributed by atoms with Gasteiger partial charge in [0.25, 0.3) is 5.91 Å². The minimum Gasteiger partial charge on any atom is -0.367 e. The van der Waals surface area contributed by atoms with Gasteiger partial charge in [-0.15, -0.1) is 0 Å². The second kappa shape index (κ2) is 3.82. The molecule has 4 heteroatoms. The fourth-order valence-electron chi connectivity index (χ4n) is 2.07. The molecule has 0 fully saturated rings. The van der Waals surface area contributed by atoms with E-state index in [1.54, 1.807) is 24.3 Å². The van der Waals surface area contributed by atoms with Crippen LogP contribution in [0.25, 0.3) is 5.57 Å². The number of carbonyl (C=O) groups is 2. The molecule has 17 heavy (non-hydrogen) atoms. The van der Waals surface area contributed by atoms with Crippen LogP contribution in [0.15, 0.2) is 35.9 Å². The fourth-order valence-corrected chi connectivity index (χ4v) is 2.07. The molecule has 0 aliphatic carbocycles. The highest BCUT2D eigenvalue weighted by Crippen LogP contribution is 2.33. The number of hydrogen-bond donors (Lipinski definition) is 2. The van der Waals surface area contributed by atoms with Crippen LogP contribution >= 0.6 is 0 Å². The van der Waals surface area contributed by atoms with E-state index in [-0.39, 0.29) is 11.4 Å². The molecule has 0 saturated carbocycles. The number of Topliss-reactive ketones (excluding diaryl/α,β-unsaturated/α-hetero) is 1. The summed E-state index contributed by atoms with van der Waals surface area (Å²) in [4.78, 5) is 23.2. The molecule has 0 spiro atoms. The molecule has 0 radical (unpaired) electrons. The van der Waals surface area contributed by atoms with Crippen molar-refractivity contribution in [2.45, 2.75) is 19.6 Å². The smallest absolute Gasteiger partial charge is 0.257 e. The summed E-state index contributed by atoms with van der Waals surface area (Å²) in [5, 5.41) is 12.6. The Kier molecular flexibility index (Phi) is 2.59. The molecule has 2 N–H and O–H groups in total. The summed E-state index contributed by atoms with van der Waals surface area (Å²) in [6.07, 6.45) is 0. The Morgan fingerprint density at radius 3 is 2.41 bits per heavy atom. The van der Waals surface area contributed by atoms with Gasteiger partial charge in [0.15, 0.2) is 11.5 Å². The summed E-state index contributed by atoms with van der Waals surface area (Å²) < 4.78 is 0. The minimum atomic E-state index is -1.50. The van der Waals surface area contributed by atoms with Crippen molar-refractivity contribution in [2.75, 3.05) is 0 Å². The van der Waals surface area contributed by atoms with Crippen molar-refractivity contribution in [1.29, 1.82) is 0 Å². The molecule has 1 atom stereocenters. The number of benzene rings is 1. The van der Waals surface area contributed by atoms with Gasteiger partial charge in [0.05, 0.1) is 5.57 Å². The highest BCUT2D eigenvalue weighted by molar-refractivity contribution is 6.27. The third-order valence-corrected chi connectivity index (χ3v) is 2.74. The standard InChI is InChI=1S/C13H13NO3/c1-8(15)10-11(9-6-4-3-5-7-9)13(2,17)14-12(10)16/h3-7,17H,1-2H3,(H,14,16)/t13-/m1/s1. The first-order valence-corrected chi connectivity index (χ1v) is 5.29. The summed E-state index contributed by atoms with van der Waals surface area (Å²) in [6, 6.07) is 8.92. The number of hydrogen-bond acceptors (Lipinski definition) is 3. The number of ketones is 1. The number of amides is 1. The van der Waals surface area contributed by atoms with Crippen LogP contribution in [0.3, 0.4) is 0 Å². The largest absolute Gasteiger partial charge is 0.367 e. The highest BCUT2D eigenvalue weighted by Gasteiger charge is 2.42. The number of carbonyl (C=O) groups excluding carboxylic acids is 2. The van der Waals surface area contributed by atoms with Crippen molar-refractivity contribution in [3.8, 4) is 0 Å². The van der Waals surface area contributed by atoms with Crippen LogP contribution in [-0.2, 0) is 9.59 Å². The number of aliphatic hydroxyl groups is 1. The lowest BCUT2D eigenvalue weighted by Gasteiger charge is -2.21. The van der Waals surface area contributed by atoms with E-state index in [0.29, 0.717) is 11.1 Å². The van der Waals surface area contributed by atoms with Crippen molar-refractivity contribution in [2.24, 2.45) is 0 Å². The number of rotatable bonds is 2. The molecule has 0 aromatic heterocycles. The normalized spacial score (nSPS) is 23.8. The maximum atomic E-state index is 11.7. The van der Waals surface area contributed by atoms with Crippen molar-refractivity contribution in [3.63, 3.8) is 0 Å². The van der Waals surface area contributed by atoms with Crippen molar-refractivity contribution >= 4 is 17.3 Å². The van der Waals surface area contributed by atoms with E-state index < -0.39 is 11.6 Å². The predicted octanol–water partition coefficient (Wildman–Crippen LogP) is 0.867. The van der Waals surface area contributed by atoms with Crippen molar-refractivity contribution in [3.05, 3.63) is 41.5 Å². The molecule has 1 heterocycles. The Bertz CT molecular complexity index is 515. The molecular formula is C13H13NO3. The molecule has 0 bridgehead atoms. The zero-order chi connectivity index (χ0) is 12.6. The minimum absolute atomic E-state index is 0.0289. The van der Waals surface area contributed by atoms with Gasteiger partial charge in [0.1, 0.15) is 0 Å². The van der Waals surface area contributed by atoms with Gasteiger partial charge < -0.3 is 10.4 Å². The van der Waals surface area contributed by atoms with E-state index in [0.717, 1.165) is 0 Å². The Labute approximate surface area is 99.0 Å². The van der Waals surface area contributed by atoms with Crippen LogP contribution in [-0.4, -0.2) is 22.5 Å². The Morgan fingerprint density at radius 2 is 1.88 bits per heavy atom. The molecule has 4 nitrogen and oxygen atoms in total. The summed E-state index contributed by atoms with van der Waals surface area (Å²) >= 11 is 0. The van der Waals surface area contributed by atoms with Crippen molar-refractivity contribution in [1.82, 2.24) is 5.32 Å². The summed E-state index contributed by atoms with van der Waals surface area (Å²) in [5.41, 5.74) is -0.461. The first-order valence-electron chi connectivity index (χ1n) is 5.29. The predicted molar refractivity (Wildman–Crippen MR) is 62.8 cm³/mol. The first-order chi connectivity index (χ1) is 7.93. The van der Waals surface area contributed by atoms with Crippen LogP contribution in [0.1, 0.15) is 19.4 Å². The second-order valence-corrected chi connectivity index (χ2v) is 4.20. The van der Waals surface area contributed by atoms with Crippen LogP contribution < -0.4 is 5.32 Å². The quantitative estimate of drug-likeness (QED) is 0.742. The molecule has 88 valence electrons. The molecule has 0 saturated heterocycles. The van der Waals surface area contributed by atoms with Gasteiger partial charge in [0, 0.05) is 5.57 Å². The van der Waals surface area contributed by atoms with E-state index in [2.05, 4.69) is 5.32 Å². The van der Waals surface area contributed by atoms with E-state index >= 15 is 0 Å². The monoisotopic (exact) mass is 231 g/mol. The van der Waals surface area contributed by atoms with Crippen LogP contribution in [0.4, 0.5) is 0 Å². The molecule has 1 amide bonds. The maximum Gasteiger partial charge on any atom is 0.257 e. The molecule has 2 rings (SSSR count). The average Bonchev–Trinajstić information content (AvgIpc) is 2.49. The lowest BCUT2D eigenvalue weighted by atomic mass is 9.93. The van der Waals surface area contributed by atoms with Crippen LogP contribution in [0.2, 0.25) is 0 Å². The lowest BCUT2D eigenvalue weighted by Crippen LogP contribution is -2.40. The van der Waals surface area contributed by atoms with Gasteiger partial charge in [-0.25, -0.2) is 0 Å². The SMILES string of the molecule is CC(=O)C1=C(c2ccccc2)[C@@](C)(O)NC1=O. The lowest BCUT2D eigenvalue weighted by molar-refractivity contribution is -0.122. The fraction of sp³-hybridized carbons (Fsp3) is 0.231. The van der Waals surface area contributed by atoms with Gasteiger partial charge >= 0.3 is 0 Å². The summed E-state index contributed by atoms with van der Waals surface area (Å²) in [7, 11) is 0. The molecule has 1 aliphatic heterocycles. The Hall–Kier alpha value is -1.94. The van der Waals surface area contributed by atoms with E-state index in [1.165, 1.54) is 13.8 Å². The first kappa shape index (κ1) is 11.5. The highest BCUT2D eigenvalue weighted by atomic mass is 16.3. The zero-order valence-corrected chi connectivity index (χ0v) is 9.65. The zero-order valence-electron chi connectivity index (χ0n) is 9.65. The molecule has 1 aromatic rings. The molecular weight excluding hydrogens is 218 g/mol. The van der Waals surface area contributed by atoms with E-state index in [4.69, 9.17) is 0 Å².